The first-order chi connectivity index (χ1) is 5.65. The van der Waals surface area contributed by atoms with Crippen LogP contribution in [0.5, 0.6) is 0 Å². The molecule has 0 aliphatic carbocycles. The van der Waals surface area contributed by atoms with E-state index in [2.05, 4.69) is 17.8 Å². The molecule has 0 N–H and O–H groups in total. The van der Waals surface area contributed by atoms with Gasteiger partial charge in [0.25, 0.3) is 0 Å². The summed E-state index contributed by atoms with van der Waals surface area (Å²) < 4.78 is 1.79. The largest absolute Gasteiger partial charge is 0.275 e. The van der Waals surface area contributed by atoms with Crippen LogP contribution in [0.25, 0.3) is 5.57 Å². The first kappa shape index (κ1) is 8.78. The fourth-order valence-corrected chi connectivity index (χ4v) is 1.22. The van der Waals surface area contributed by atoms with Crippen molar-refractivity contribution >= 4 is 5.57 Å². The van der Waals surface area contributed by atoms with E-state index in [9.17, 15) is 0 Å². The average molecular weight is 162 g/mol. The van der Waals surface area contributed by atoms with Crippen LogP contribution < -0.4 is 0 Å². The lowest BCUT2D eigenvalue weighted by molar-refractivity contribution is 0.767. The average Bonchev–Trinajstić information content (AvgIpc) is 2.37. The molecule has 0 saturated heterocycles. The highest BCUT2D eigenvalue weighted by molar-refractivity contribution is 5.76. The highest BCUT2D eigenvalue weighted by atomic mass is 15.2. The number of aromatic nitrogens is 2. The molecular formula is C10H14N2. The van der Waals surface area contributed by atoms with Gasteiger partial charge >= 0.3 is 0 Å². The number of aryl methyl sites for hydroxylation is 1. The monoisotopic (exact) mass is 162 g/mol. The predicted molar refractivity (Wildman–Crippen MR) is 51.7 cm³/mol. The Morgan fingerprint density at radius 1 is 1.67 bits per heavy atom. The summed E-state index contributed by atoms with van der Waals surface area (Å²) in [7, 11) is 1.91. The van der Waals surface area contributed by atoms with Crippen LogP contribution in [0, 0.1) is 0 Å². The maximum atomic E-state index is 4.10. The van der Waals surface area contributed by atoms with E-state index in [0.29, 0.717) is 0 Å². The van der Waals surface area contributed by atoms with Gasteiger partial charge in [0.15, 0.2) is 0 Å². The lowest BCUT2D eigenvalue weighted by atomic mass is 10.0. The molecule has 2 nitrogen and oxygen atoms in total. The van der Waals surface area contributed by atoms with Gasteiger partial charge in [0.2, 0.25) is 0 Å². The molecular weight excluding hydrogens is 148 g/mol. The van der Waals surface area contributed by atoms with Crippen molar-refractivity contribution in [1.82, 2.24) is 9.78 Å². The lowest BCUT2D eigenvalue weighted by Gasteiger charge is -2.01. The molecule has 1 aromatic heterocycles. The molecule has 0 aliphatic rings. The molecule has 0 fully saturated rings. The molecule has 0 saturated carbocycles. The van der Waals surface area contributed by atoms with Crippen LogP contribution >= 0.6 is 0 Å². The van der Waals surface area contributed by atoms with Crippen LogP contribution in [-0.2, 0) is 7.05 Å². The Bertz CT molecular complexity index is 318. The van der Waals surface area contributed by atoms with Crippen molar-refractivity contribution < 1.29 is 0 Å². The SMILES string of the molecule is C=C(C)/C(=C\C)c1cnn(C)c1. The van der Waals surface area contributed by atoms with Gasteiger partial charge in [-0.1, -0.05) is 18.2 Å². The number of allylic oxidation sites excluding steroid dienone is 3. The van der Waals surface area contributed by atoms with Gasteiger partial charge in [0.1, 0.15) is 0 Å². The molecule has 12 heavy (non-hydrogen) atoms. The third kappa shape index (κ3) is 1.64. The third-order valence-corrected chi connectivity index (χ3v) is 1.76. The van der Waals surface area contributed by atoms with Crippen molar-refractivity contribution in [3.05, 3.63) is 36.2 Å². The zero-order valence-corrected chi connectivity index (χ0v) is 7.83. The van der Waals surface area contributed by atoms with Crippen LogP contribution in [0.2, 0.25) is 0 Å². The van der Waals surface area contributed by atoms with Crippen LogP contribution in [-0.4, -0.2) is 9.78 Å². The van der Waals surface area contributed by atoms with E-state index in [1.807, 2.05) is 33.3 Å². The zero-order valence-electron chi connectivity index (χ0n) is 7.83. The predicted octanol–water partition coefficient (Wildman–Crippen LogP) is 2.40. The molecule has 64 valence electrons. The quantitative estimate of drug-likeness (QED) is 0.610. The number of nitrogens with zero attached hydrogens (tertiary/aromatic N) is 2. The molecule has 0 radical (unpaired) electrons. The van der Waals surface area contributed by atoms with Gasteiger partial charge in [-0.05, 0) is 19.4 Å². The first-order valence-electron chi connectivity index (χ1n) is 3.96. The van der Waals surface area contributed by atoms with Crippen molar-refractivity contribution in [1.29, 1.82) is 0 Å². The van der Waals surface area contributed by atoms with Crippen LogP contribution in [0.4, 0.5) is 0 Å². The Kier molecular flexibility index (Phi) is 2.48. The fourth-order valence-electron chi connectivity index (χ4n) is 1.22. The number of hydrogen-bond acceptors (Lipinski definition) is 1. The topological polar surface area (TPSA) is 17.8 Å². The van der Waals surface area contributed by atoms with E-state index >= 15 is 0 Å². The summed E-state index contributed by atoms with van der Waals surface area (Å²) in [5.74, 6) is 0. The minimum absolute atomic E-state index is 1.07. The molecule has 0 spiro atoms. The molecule has 1 aromatic rings. The van der Waals surface area contributed by atoms with Gasteiger partial charge in [-0.25, -0.2) is 0 Å². The fraction of sp³-hybridized carbons (Fsp3) is 0.300. The van der Waals surface area contributed by atoms with E-state index in [1.54, 1.807) is 4.68 Å². The number of rotatable bonds is 2. The summed E-state index contributed by atoms with van der Waals surface area (Å²) in [6, 6.07) is 0. The van der Waals surface area contributed by atoms with Gasteiger partial charge in [-0.3, -0.25) is 4.68 Å². The Morgan fingerprint density at radius 2 is 2.33 bits per heavy atom. The highest BCUT2D eigenvalue weighted by Gasteiger charge is 2.02. The van der Waals surface area contributed by atoms with Crippen molar-refractivity contribution in [3.63, 3.8) is 0 Å². The summed E-state index contributed by atoms with van der Waals surface area (Å²) in [6.07, 6.45) is 5.90. The summed E-state index contributed by atoms with van der Waals surface area (Å²) in [5, 5.41) is 4.10. The van der Waals surface area contributed by atoms with Gasteiger partial charge in [0.05, 0.1) is 6.20 Å². The van der Waals surface area contributed by atoms with Crippen molar-refractivity contribution in [2.45, 2.75) is 13.8 Å². The van der Waals surface area contributed by atoms with Crippen LogP contribution in [0.15, 0.2) is 30.6 Å². The molecule has 0 aromatic carbocycles. The van der Waals surface area contributed by atoms with E-state index < -0.39 is 0 Å². The summed E-state index contributed by atoms with van der Waals surface area (Å²) in [6.45, 7) is 7.92. The van der Waals surface area contributed by atoms with E-state index in [0.717, 1.165) is 11.1 Å². The van der Waals surface area contributed by atoms with Crippen LogP contribution in [0.3, 0.4) is 0 Å². The summed E-state index contributed by atoms with van der Waals surface area (Å²) in [5.41, 5.74) is 3.38. The summed E-state index contributed by atoms with van der Waals surface area (Å²) in [4.78, 5) is 0. The molecule has 0 aliphatic heterocycles. The van der Waals surface area contributed by atoms with Gasteiger partial charge < -0.3 is 0 Å². The zero-order chi connectivity index (χ0) is 9.14. The second-order valence-electron chi connectivity index (χ2n) is 2.89. The van der Waals surface area contributed by atoms with Gasteiger partial charge in [0, 0.05) is 18.8 Å². The Balaban J connectivity index is 3.04. The molecule has 0 bridgehead atoms. The standard InChI is InChI=1S/C10H14N2/c1-5-10(8(2)3)9-6-11-12(4)7-9/h5-7H,2H2,1,3-4H3/b10-5+. The Hall–Kier alpha value is -1.31. The van der Waals surface area contributed by atoms with Crippen molar-refractivity contribution in [3.8, 4) is 0 Å². The van der Waals surface area contributed by atoms with E-state index in [1.165, 1.54) is 5.57 Å². The Labute approximate surface area is 73.2 Å². The van der Waals surface area contributed by atoms with Crippen LogP contribution in [0.1, 0.15) is 19.4 Å². The smallest absolute Gasteiger partial charge is 0.0568 e. The lowest BCUT2D eigenvalue weighted by Crippen LogP contribution is -1.85. The van der Waals surface area contributed by atoms with Gasteiger partial charge in [-0.15, -0.1) is 0 Å². The minimum atomic E-state index is 1.07. The molecule has 0 unspecified atom stereocenters. The van der Waals surface area contributed by atoms with Crippen molar-refractivity contribution in [2.24, 2.45) is 7.05 Å². The van der Waals surface area contributed by atoms with Crippen molar-refractivity contribution in [2.75, 3.05) is 0 Å². The normalized spacial score (nSPS) is 11.8. The molecule has 0 atom stereocenters. The molecule has 1 heterocycles. The summed E-state index contributed by atoms with van der Waals surface area (Å²) >= 11 is 0. The minimum Gasteiger partial charge on any atom is -0.275 e. The molecule has 0 amide bonds. The third-order valence-electron chi connectivity index (χ3n) is 1.76. The first-order valence-corrected chi connectivity index (χ1v) is 3.96. The van der Waals surface area contributed by atoms with Gasteiger partial charge in [-0.2, -0.15) is 5.10 Å². The van der Waals surface area contributed by atoms with E-state index in [-0.39, 0.29) is 0 Å². The Morgan fingerprint density at radius 3 is 2.67 bits per heavy atom. The maximum Gasteiger partial charge on any atom is 0.0568 e. The second-order valence-corrected chi connectivity index (χ2v) is 2.89. The molecule has 2 heteroatoms. The van der Waals surface area contributed by atoms with E-state index in [4.69, 9.17) is 0 Å². The number of hydrogen-bond donors (Lipinski definition) is 0. The highest BCUT2D eigenvalue weighted by Crippen LogP contribution is 2.19. The molecule has 1 rings (SSSR count). The second kappa shape index (κ2) is 3.39. The maximum absolute atomic E-state index is 4.10.